The second-order valence-corrected chi connectivity index (χ2v) is 3.82. The minimum absolute atomic E-state index is 0.251. The zero-order chi connectivity index (χ0) is 11.8. The topological polar surface area (TPSA) is 80.9 Å². The summed E-state index contributed by atoms with van der Waals surface area (Å²) in [7, 11) is 3.39. The highest BCUT2D eigenvalue weighted by molar-refractivity contribution is 5.79. The number of rotatable bonds is 5. The van der Waals surface area contributed by atoms with Gasteiger partial charge in [0.1, 0.15) is 0 Å². The van der Waals surface area contributed by atoms with E-state index in [9.17, 15) is 0 Å². The number of nitrogens with two attached hydrogens (primary N) is 1. The monoisotopic (exact) mass is 230 g/mol. The van der Waals surface area contributed by atoms with E-state index in [0.717, 1.165) is 12.8 Å². The highest BCUT2D eigenvalue weighted by Crippen LogP contribution is 2.21. The molecule has 1 aliphatic carbocycles. The van der Waals surface area contributed by atoms with Crippen LogP contribution in [0.2, 0.25) is 0 Å². The minimum atomic E-state index is 0.251. The van der Waals surface area contributed by atoms with E-state index in [-0.39, 0.29) is 6.10 Å². The molecule has 2 unspecified atom stereocenters. The van der Waals surface area contributed by atoms with E-state index in [2.05, 4.69) is 15.7 Å². The van der Waals surface area contributed by atoms with Crippen molar-refractivity contribution < 1.29 is 9.47 Å². The Morgan fingerprint density at radius 2 is 2.25 bits per heavy atom. The predicted molar refractivity (Wildman–Crippen MR) is 63.1 cm³/mol. The Bertz CT molecular complexity index is 223. The number of nitrogens with zero attached hydrogens (tertiary/aromatic N) is 1. The molecule has 6 nitrogen and oxygen atoms in total. The zero-order valence-corrected chi connectivity index (χ0v) is 10.0. The van der Waals surface area contributed by atoms with Crippen LogP contribution in [-0.4, -0.2) is 45.5 Å². The average Bonchev–Trinajstić information content (AvgIpc) is 2.75. The fourth-order valence-electron chi connectivity index (χ4n) is 1.93. The Morgan fingerprint density at radius 3 is 2.88 bits per heavy atom. The van der Waals surface area contributed by atoms with E-state index < -0.39 is 0 Å². The van der Waals surface area contributed by atoms with E-state index in [1.54, 1.807) is 14.2 Å². The number of ether oxygens (including phenoxy) is 2. The van der Waals surface area contributed by atoms with Gasteiger partial charge in [-0.05, 0) is 19.3 Å². The normalized spacial score (nSPS) is 25.8. The van der Waals surface area contributed by atoms with E-state index >= 15 is 0 Å². The molecule has 94 valence electrons. The highest BCUT2D eigenvalue weighted by Gasteiger charge is 2.27. The third-order valence-corrected chi connectivity index (χ3v) is 2.78. The number of hydrazine groups is 1. The van der Waals surface area contributed by atoms with Gasteiger partial charge in [0.2, 0.25) is 5.96 Å². The number of guanidine groups is 1. The molecule has 0 aromatic rings. The molecule has 0 aromatic carbocycles. The van der Waals surface area contributed by atoms with Gasteiger partial charge in [-0.3, -0.25) is 5.43 Å². The predicted octanol–water partition coefficient (Wildman–Crippen LogP) is -0.391. The van der Waals surface area contributed by atoms with Gasteiger partial charge in [0.05, 0.1) is 25.3 Å². The molecule has 0 aromatic heterocycles. The van der Waals surface area contributed by atoms with Crippen LogP contribution < -0.4 is 16.6 Å². The van der Waals surface area contributed by atoms with Gasteiger partial charge in [0, 0.05) is 14.2 Å². The molecule has 16 heavy (non-hydrogen) atoms. The van der Waals surface area contributed by atoms with Crippen molar-refractivity contribution in [1.82, 2.24) is 10.7 Å². The molecule has 0 bridgehead atoms. The van der Waals surface area contributed by atoms with Crippen molar-refractivity contribution in [3.8, 4) is 0 Å². The summed E-state index contributed by atoms with van der Waals surface area (Å²) in [6.45, 7) is 1.18. The molecule has 1 saturated carbocycles. The molecular weight excluding hydrogens is 208 g/mol. The first kappa shape index (κ1) is 13.2. The second-order valence-electron chi connectivity index (χ2n) is 3.82. The molecule has 0 aliphatic heterocycles. The van der Waals surface area contributed by atoms with Crippen molar-refractivity contribution in [2.24, 2.45) is 10.8 Å². The summed E-state index contributed by atoms with van der Waals surface area (Å²) in [4.78, 5) is 4.25. The summed E-state index contributed by atoms with van der Waals surface area (Å²) in [5, 5.41) is 3.26. The van der Waals surface area contributed by atoms with Gasteiger partial charge in [-0.25, -0.2) is 10.8 Å². The summed E-state index contributed by atoms with van der Waals surface area (Å²) in [6, 6.07) is 0.294. The van der Waals surface area contributed by atoms with Crippen molar-refractivity contribution in [2.75, 3.05) is 27.4 Å². The van der Waals surface area contributed by atoms with Crippen molar-refractivity contribution in [3.05, 3.63) is 0 Å². The van der Waals surface area contributed by atoms with Crippen LogP contribution in [0.15, 0.2) is 4.99 Å². The van der Waals surface area contributed by atoms with Crippen LogP contribution in [0, 0.1) is 0 Å². The van der Waals surface area contributed by atoms with Gasteiger partial charge >= 0.3 is 0 Å². The fourth-order valence-corrected chi connectivity index (χ4v) is 1.93. The molecule has 1 fully saturated rings. The van der Waals surface area contributed by atoms with Crippen molar-refractivity contribution in [3.63, 3.8) is 0 Å². The molecule has 6 heteroatoms. The first-order valence-electron chi connectivity index (χ1n) is 5.61. The maximum absolute atomic E-state index is 5.40. The van der Waals surface area contributed by atoms with Gasteiger partial charge < -0.3 is 14.8 Å². The van der Waals surface area contributed by atoms with Crippen molar-refractivity contribution in [2.45, 2.75) is 31.4 Å². The minimum Gasteiger partial charge on any atom is -0.383 e. The SMILES string of the molecule is COCCN=C(NN)NC1CCCC1OC. The van der Waals surface area contributed by atoms with Crippen LogP contribution in [0.1, 0.15) is 19.3 Å². The Labute approximate surface area is 96.6 Å². The van der Waals surface area contributed by atoms with Crippen LogP contribution in [0.3, 0.4) is 0 Å². The lowest BCUT2D eigenvalue weighted by Crippen LogP contribution is -2.49. The van der Waals surface area contributed by atoms with E-state index in [0.29, 0.717) is 25.2 Å². The summed E-state index contributed by atoms with van der Waals surface area (Å²) < 4.78 is 10.3. The third-order valence-electron chi connectivity index (χ3n) is 2.78. The largest absolute Gasteiger partial charge is 0.383 e. The van der Waals surface area contributed by atoms with Gasteiger partial charge in [-0.1, -0.05) is 0 Å². The quantitative estimate of drug-likeness (QED) is 0.197. The standard InChI is InChI=1S/C10H22N4O2/c1-15-7-6-12-10(14-11)13-8-4-3-5-9(8)16-2/h8-9H,3-7,11H2,1-2H3,(H2,12,13,14). The summed E-state index contributed by atoms with van der Waals surface area (Å²) in [5.41, 5.74) is 2.56. The molecule has 0 radical (unpaired) electrons. The van der Waals surface area contributed by atoms with Crippen LogP contribution in [0.5, 0.6) is 0 Å². The molecule has 0 spiro atoms. The Morgan fingerprint density at radius 1 is 1.44 bits per heavy atom. The number of aliphatic imine (C=N–C) groups is 1. The van der Waals surface area contributed by atoms with Crippen molar-refractivity contribution >= 4 is 5.96 Å². The smallest absolute Gasteiger partial charge is 0.206 e. The molecule has 0 amide bonds. The Kier molecular flexibility index (Phi) is 6.14. The van der Waals surface area contributed by atoms with Gasteiger partial charge in [0.25, 0.3) is 0 Å². The summed E-state index contributed by atoms with van der Waals surface area (Å²) >= 11 is 0. The molecule has 0 saturated heterocycles. The highest BCUT2D eigenvalue weighted by atomic mass is 16.5. The summed E-state index contributed by atoms with van der Waals surface area (Å²) in [5.74, 6) is 6.00. The maximum atomic E-state index is 5.40. The third kappa shape index (κ3) is 3.96. The second kappa shape index (κ2) is 7.43. The molecule has 4 N–H and O–H groups in total. The fraction of sp³-hybridized carbons (Fsp3) is 0.900. The lowest BCUT2D eigenvalue weighted by Gasteiger charge is -2.21. The van der Waals surface area contributed by atoms with Crippen molar-refractivity contribution in [1.29, 1.82) is 0 Å². The van der Waals surface area contributed by atoms with E-state index in [1.165, 1.54) is 6.42 Å². The Hall–Kier alpha value is -0.850. The number of methoxy groups -OCH3 is 2. The number of hydrogen-bond acceptors (Lipinski definition) is 4. The first-order chi connectivity index (χ1) is 7.81. The van der Waals surface area contributed by atoms with Crippen LogP contribution in [-0.2, 0) is 9.47 Å². The van der Waals surface area contributed by atoms with E-state index in [1.807, 2.05) is 0 Å². The average molecular weight is 230 g/mol. The number of hydrogen-bond donors (Lipinski definition) is 3. The molecule has 0 heterocycles. The van der Waals surface area contributed by atoms with Gasteiger partial charge in [-0.2, -0.15) is 0 Å². The molecule has 2 atom stereocenters. The van der Waals surface area contributed by atoms with Crippen LogP contribution >= 0.6 is 0 Å². The molecule has 1 rings (SSSR count). The van der Waals surface area contributed by atoms with E-state index in [4.69, 9.17) is 15.3 Å². The first-order valence-corrected chi connectivity index (χ1v) is 5.61. The Balaban J connectivity index is 2.39. The summed E-state index contributed by atoms with van der Waals surface area (Å²) in [6.07, 6.45) is 3.60. The van der Waals surface area contributed by atoms with Gasteiger partial charge in [-0.15, -0.1) is 0 Å². The zero-order valence-electron chi connectivity index (χ0n) is 10.0. The lowest BCUT2D eigenvalue weighted by atomic mass is 10.2. The molecular formula is C10H22N4O2. The lowest BCUT2D eigenvalue weighted by molar-refractivity contribution is 0.0904. The van der Waals surface area contributed by atoms with Gasteiger partial charge in [0.15, 0.2) is 0 Å². The van der Waals surface area contributed by atoms with Crippen LogP contribution in [0.4, 0.5) is 0 Å². The van der Waals surface area contributed by atoms with Crippen LogP contribution in [0.25, 0.3) is 0 Å². The number of nitrogens with one attached hydrogen (secondary N) is 2. The maximum Gasteiger partial charge on any atom is 0.206 e. The molecule has 1 aliphatic rings.